The zero-order valence-corrected chi connectivity index (χ0v) is 11.7. The molecule has 0 aliphatic rings. The van der Waals surface area contributed by atoms with Crippen molar-refractivity contribution in [3.05, 3.63) is 56.4 Å². The summed E-state index contributed by atoms with van der Waals surface area (Å²) in [6.45, 7) is 1.46. The molecule has 0 atom stereocenters. The normalized spacial score (nSPS) is 11.3. The number of carbonyl (C=O) groups is 1. The van der Waals surface area contributed by atoms with Crippen LogP contribution in [0.15, 0.2) is 33.9 Å². The average Bonchev–Trinajstić information content (AvgIpc) is 2.47. The van der Waals surface area contributed by atoms with E-state index in [-0.39, 0.29) is 12.3 Å². The van der Waals surface area contributed by atoms with E-state index in [1.54, 1.807) is 0 Å². The van der Waals surface area contributed by atoms with Crippen LogP contribution in [0.2, 0.25) is 0 Å². The van der Waals surface area contributed by atoms with E-state index >= 15 is 0 Å². The molecule has 1 aromatic heterocycles. The molecule has 1 aromatic carbocycles. The van der Waals surface area contributed by atoms with Crippen molar-refractivity contribution < 1.29 is 22.7 Å². The van der Waals surface area contributed by atoms with Gasteiger partial charge in [-0.3, -0.25) is 4.79 Å². The molecule has 7 nitrogen and oxygen atoms in total. The Morgan fingerprint density at radius 2 is 2.04 bits per heavy atom. The van der Waals surface area contributed by atoms with Gasteiger partial charge in [0.2, 0.25) is 5.69 Å². The Bertz CT molecular complexity index is 855. The van der Waals surface area contributed by atoms with Crippen molar-refractivity contribution in [3.8, 4) is 5.69 Å². The number of halogens is 3. The lowest BCUT2D eigenvalue weighted by atomic mass is 10.2. The van der Waals surface area contributed by atoms with Crippen molar-refractivity contribution in [2.24, 2.45) is 0 Å². The van der Waals surface area contributed by atoms with Crippen molar-refractivity contribution in [2.75, 3.05) is 6.61 Å². The first-order valence-electron chi connectivity index (χ1n) is 6.32. The minimum absolute atomic E-state index is 0.0390. The van der Waals surface area contributed by atoms with Gasteiger partial charge >= 0.3 is 17.8 Å². The van der Waals surface area contributed by atoms with Crippen LogP contribution in [0.25, 0.3) is 5.69 Å². The minimum atomic E-state index is -4.65. The van der Waals surface area contributed by atoms with Gasteiger partial charge in [0, 0.05) is 0 Å². The number of esters is 1. The Kier molecular flexibility index (Phi) is 4.34. The Morgan fingerprint density at radius 3 is 2.65 bits per heavy atom. The number of carbonyl (C=O) groups excluding carboxylic acids is 1. The predicted octanol–water partition coefficient (Wildman–Crippen LogP) is 1.12. The molecule has 0 amide bonds. The zero-order valence-electron chi connectivity index (χ0n) is 11.7. The van der Waals surface area contributed by atoms with E-state index in [2.05, 4.69) is 9.84 Å². The van der Waals surface area contributed by atoms with Crippen molar-refractivity contribution >= 4 is 5.97 Å². The van der Waals surface area contributed by atoms with Gasteiger partial charge in [-0.2, -0.15) is 18.3 Å². The van der Waals surface area contributed by atoms with Gasteiger partial charge in [0.15, 0.2) is 0 Å². The molecule has 10 heteroatoms. The summed E-state index contributed by atoms with van der Waals surface area (Å²) in [7, 11) is 0. The van der Waals surface area contributed by atoms with Crippen molar-refractivity contribution in [2.45, 2.75) is 13.1 Å². The van der Waals surface area contributed by atoms with Crippen LogP contribution in [0.4, 0.5) is 13.2 Å². The first-order chi connectivity index (χ1) is 10.8. The lowest BCUT2D eigenvalue weighted by Gasteiger charge is -2.10. The third kappa shape index (κ3) is 3.30. The number of alkyl halides is 3. The molecule has 0 radical (unpaired) electrons. The number of benzene rings is 1. The minimum Gasteiger partial charge on any atom is -0.461 e. The average molecular weight is 329 g/mol. The van der Waals surface area contributed by atoms with Crippen molar-refractivity contribution in [1.82, 2.24) is 14.8 Å². The molecule has 0 aliphatic heterocycles. The van der Waals surface area contributed by atoms with Gasteiger partial charge in [-0.15, -0.1) is 0 Å². The van der Waals surface area contributed by atoms with Crippen LogP contribution in [0.3, 0.4) is 0 Å². The Balaban J connectivity index is 2.65. The monoisotopic (exact) mass is 329 g/mol. The molecule has 2 rings (SSSR count). The van der Waals surface area contributed by atoms with Gasteiger partial charge < -0.3 is 4.74 Å². The second-order valence-corrected chi connectivity index (χ2v) is 4.29. The third-order valence-electron chi connectivity index (χ3n) is 2.77. The van der Waals surface area contributed by atoms with E-state index in [0.717, 1.165) is 18.2 Å². The molecule has 0 bridgehead atoms. The van der Waals surface area contributed by atoms with E-state index in [1.165, 1.54) is 6.92 Å². The molecule has 0 unspecified atom stereocenters. The highest BCUT2D eigenvalue weighted by atomic mass is 19.4. The van der Waals surface area contributed by atoms with E-state index in [1.807, 2.05) is 5.10 Å². The van der Waals surface area contributed by atoms with Gasteiger partial charge in [0.25, 0.3) is 5.56 Å². The van der Waals surface area contributed by atoms with E-state index in [0.29, 0.717) is 10.6 Å². The molecule has 0 saturated heterocycles. The van der Waals surface area contributed by atoms with Crippen LogP contribution < -0.4 is 11.2 Å². The summed E-state index contributed by atoms with van der Waals surface area (Å²) in [6, 6.07) is 3.57. The van der Waals surface area contributed by atoms with Gasteiger partial charge in [-0.1, -0.05) is 6.07 Å². The topological polar surface area (TPSA) is 94.0 Å². The zero-order chi connectivity index (χ0) is 17.2. The number of hydrogen-bond donors (Lipinski definition) is 1. The number of aromatic amines is 1. The molecular weight excluding hydrogens is 319 g/mol. The number of nitrogens with one attached hydrogen (secondary N) is 1. The molecule has 0 fully saturated rings. The molecule has 1 N–H and O–H groups in total. The number of hydrogen-bond acceptors (Lipinski definition) is 5. The number of nitrogens with zero attached hydrogens (tertiary/aromatic N) is 2. The van der Waals surface area contributed by atoms with Crippen LogP contribution >= 0.6 is 0 Å². The van der Waals surface area contributed by atoms with Crippen molar-refractivity contribution in [1.29, 1.82) is 0 Å². The molecule has 2 aromatic rings. The standard InChI is InChI=1S/C13H10F3N3O4/c1-2-23-11(21)9-10(20)19(12(22)18-17-9)8-5-3-4-7(6-8)13(14,15)16/h3-6H,2H2,1H3,(H,18,22). The Hall–Kier alpha value is -2.91. The largest absolute Gasteiger partial charge is 0.461 e. The van der Waals surface area contributed by atoms with Gasteiger partial charge in [-0.25, -0.2) is 19.3 Å². The Labute approximate surface area is 126 Å². The molecule has 0 spiro atoms. The maximum Gasteiger partial charge on any atom is 0.416 e. The van der Waals surface area contributed by atoms with Gasteiger partial charge in [0.05, 0.1) is 17.9 Å². The molecular formula is C13H10F3N3O4. The number of rotatable bonds is 3. The van der Waals surface area contributed by atoms with E-state index < -0.39 is 34.7 Å². The van der Waals surface area contributed by atoms with Crippen molar-refractivity contribution in [3.63, 3.8) is 0 Å². The number of ether oxygens (including phenoxy) is 1. The molecule has 1 heterocycles. The highest BCUT2D eigenvalue weighted by molar-refractivity contribution is 5.86. The first kappa shape index (κ1) is 16.5. The number of H-pyrrole nitrogens is 1. The second kappa shape index (κ2) is 6.07. The summed E-state index contributed by atoms with van der Waals surface area (Å²) in [4.78, 5) is 35.5. The summed E-state index contributed by atoms with van der Waals surface area (Å²) in [5, 5.41) is 5.17. The summed E-state index contributed by atoms with van der Waals surface area (Å²) in [6.07, 6.45) is -4.65. The van der Waals surface area contributed by atoms with Gasteiger partial charge in [0.1, 0.15) is 0 Å². The van der Waals surface area contributed by atoms with Crippen LogP contribution in [0.1, 0.15) is 23.0 Å². The molecule has 0 aliphatic carbocycles. The van der Waals surface area contributed by atoms with Crippen LogP contribution in [0.5, 0.6) is 0 Å². The summed E-state index contributed by atoms with van der Waals surface area (Å²) >= 11 is 0. The molecule has 23 heavy (non-hydrogen) atoms. The summed E-state index contributed by atoms with van der Waals surface area (Å²) in [5.41, 5.74) is -4.38. The summed E-state index contributed by atoms with van der Waals surface area (Å²) < 4.78 is 43.2. The lowest BCUT2D eigenvalue weighted by molar-refractivity contribution is -0.137. The maximum absolute atomic E-state index is 12.7. The van der Waals surface area contributed by atoms with Crippen LogP contribution in [-0.2, 0) is 10.9 Å². The SMILES string of the molecule is CCOC(=O)c1n[nH]c(=O)n(-c2cccc(C(F)(F)F)c2)c1=O. The molecule has 122 valence electrons. The fourth-order valence-electron chi connectivity index (χ4n) is 1.79. The predicted molar refractivity (Wildman–Crippen MR) is 71.4 cm³/mol. The maximum atomic E-state index is 12.7. The van der Waals surface area contributed by atoms with Crippen LogP contribution in [-0.4, -0.2) is 27.3 Å². The summed E-state index contributed by atoms with van der Waals surface area (Å²) in [5.74, 6) is -1.09. The van der Waals surface area contributed by atoms with Crippen LogP contribution in [0, 0.1) is 0 Å². The molecule has 0 saturated carbocycles. The number of aromatic nitrogens is 3. The second-order valence-electron chi connectivity index (χ2n) is 4.29. The first-order valence-corrected chi connectivity index (χ1v) is 6.32. The fourth-order valence-corrected chi connectivity index (χ4v) is 1.79. The van der Waals surface area contributed by atoms with E-state index in [9.17, 15) is 27.6 Å². The van der Waals surface area contributed by atoms with E-state index in [4.69, 9.17) is 0 Å². The third-order valence-corrected chi connectivity index (χ3v) is 2.77. The highest BCUT2D eigenvalue weighted by Gasteiger charge is 2.31. The highest BCUT2D eigenvalue weighted by Crippen LogP contribution is 2.29. The smallest absolute Gasteiger partial charge is 0.416 e. The lowest BCUT2D eigenvalue weighted by Crippen LogP contribution is -2.39. The Morgan fingerprint density at radius 1 is 1.35 bits per heavy atom. The quantitative estimate of drug-likeness (QED) is 0.852. The fraction of sp³-hybridized carbons (Fsp3) is 0.231. The van der Waals surface area contributed by atoms with Gasteiger partial charge in [-0.05, 0) is 25.1 Å².